The van der Waals surface area contributed by atoms with E-state index in [0.29, 0.717) is 12.1 Å². The molecular formula is C17H19FN4O. The lowest BCUT2D eigenvalue weighted by molar-refractivity contribution is 0.191. The summed E-state index contributed by atoms with van der Waals surface area (Å²) in [5.74, 6) is 0.741. The molecule has 6 heteroatoms. The Morgan fingerprint density at radius 1 is 1.22 bits per heavy atom. The van der Waals surface area contributed by atoms with E-state index < -0.39 is 6.10 Å². The van der Waals surface area contributed by atoms with Crippen molar-refractivity contribution in [3.63, 3.8) is 0 Å². The van der Waals surface area contributed by atoms with E-state index in [0.717, 1.165) is 17.2 Å². The molecule has 5 nitrogen and oxygen atoms in total. The number of aliphatic hydroxyl groups is 1. The van der Waals surface area contributed by atoms with Gasteiger partial charge in [-0.25, -0.2) is 9.37 Å². The molecule has 0 saturated heterocycles. The maximum Gasteiger partial charge on any atom is 0.157 e. The van der Waals surface area contributed by atoms with E-state index in [1.54, 1.807) is 22.8 Å². The zero-order valence-corrected chi connectivity index (χ0v) is 13.1. The fraction of sp³-hybridized carbons (Fsp3) is 0.294. The fourth-order valence-corrected chi connectivity index (χ4v) is 2.36. The molecular weight excluding hydrogens is 295 g/mol. The normalized spacial score (nSPS) is 12.7. The highest BCUT2D eigenvalue weighted by Gasteiger charge is 2.12. The van der Waals surface area contributed by atoms with Crippen molar-refractivity contribution in [3.05, 3.63) is 59.7 Å². The number of nitrogens with one attached hydrogen (secondary N) is 1. The first-order valence-electron chi connectivity index (χ1n) is 7.56. The van der Waals surface area contributed by atoms with Crippen molar-refractivity contribution >= 4 is 11.5 Å². The Balaban J connectivity index is 1.80. The Morgan fingerprint density at radius 3 is 2.65 bits per heavy atom. The van der Waals surface area contributed by atoms with Crippen LogP contribution in [0.5, 0.6) is 0 Å². The lowest BCUT2D eigenvalue weighted by atomic mass is 10.1. The first-order valence-corrected chi connectivity index (χ1v) is 7.56. The topological polar surface area (TPSA) is 62.5 Å². The average molecular weight is 314 g/mol. The Bertz CT molecular complexity index is 798. The Hall–Kier alpha value is -2.47. The zero-order chi connectivity index (χ0) is 16.4. The van der Waals surface area contributed by atoms with Gasteiger partial charge in [0.25, 0.3) is 0 Å². The molecule has 1 atom stereocenters. The van der Waals surface area contributed by atoms with Gasteiger partial charge in [-0.3, -0.25) is 0 Å². The quantitative estimate of drug-likeness (QED) is 0.759. The predicted molar refractivity (Wildman–Crippen MR) is 86.9 cm³/mol. The number of nitrogens with zero attached hydrogens (tertiary/aromatic N) is 3. The number of rotatable bonds is 5. The summed E-state index contributed by atoms with van der Waals surface area (Å²) < 4.78 is 14.6. The third-order valence-electron chi connectivity index (χ3n) is 3.70. The van der Waals surface area contributed by atoms with Gasteiger partial charge in [0.2, 0.25) is 0 Å². The lowest BCUT2D eigenvalue weighted by Crippen LogP contribution is -2.15. The summed E-state index contributed by atoms with van der Waals surface area (Å²) in [7, 11) is 0. The smallest absolute Gasteiger partial charge is 0.157 e. The maximum absolute atomic E-state index is 12.9. The molecule has 0 bridgehead atoms. The van der Waals surface area contributed by atoms with Crippen molar-refractivity contribution in [1.82, 2.24) is 14.6 Å². The van der Waals surface area contributed by atoms with Crippen LogP contribution in [0, 0.1) is 5.82 Å². The van der Waals surface area contributed by atoms with Crippen molar-refractivity contribution in [2.45, 2.75) is 25.9 Å². The van der Waals surface area contributed by atoms with E-state index in [1.807, 2.05) is 12.1 Å². The van der Waals surface area contributed by atoms with Crippen molar-refractivity contribution in [1.29, 1.82) is 0 Å². The van der Waals surface area contributed by atoms with Gasteiger partial charge in [0.1, 0.15) is 11.6 Å². The molecule has 0 aliphatic rings. The highest BCUT2D eigenvalue weighted by atomic mass is 19.1. The number of benzene rings is 1. The number of hydrogen-bond donors (Lipinski definition) is 2. The van der Waals surface area contributed by atoms with Crippen LogP contribution in [0.15, 0.2) is 42.6 Å². The van der Waals surface area contributed by atoms with Crippen LogP contribution in [0.2, 0.25) is 0 Å². The van der Waals surface area contributed by atoms with Crippen molar-refractivity contribution in [2.75, 3.05) is 11.9 Å². The largest absolute Gasteiger partial charge is 0.387 e. The molecule has 3 aromatic rings. The van der Waals surface area contributed by atoms with Crippen LogP contribution >= 0.6 is 0 Å². The van der Waals surface area contributed by atoms with Gasteiger partial charge in [-0.15, -0.1) is 0 Å². The van der Waals surface area contributed by atoms with Gasteiger partial charge in [-0.05, 0) is 23.6 Å². The molecule has 0 aliphatic carbocycles. The van der Waals surface area contributed by atoms with E-state index in [2.05, 4.69) is 29.2 Å². The second kappa shape index (κ2) is 6.34. The SMILES string of the molecule is CC(C)c1cc(NC[C@H](O)c2ccc(F)cc2)n2nccc2n1. The molecule has 2 heterocycles. The minimum atomic E-state index is -0.739. The number of aromatic nitrogens is 3. The molecule has 0 unspecified atom stereocenters. The first-order chi connectivity index (χ1) is 11.0. The molecule has 120 valence electrons. The second-order valence-corrected chi connectivity index (χ2v) is 5.77. The number of anilines is 1. The number of hydrogen-bond acceptors (Lipinski definition) is 4. The van der Waals surface area contributed by atoms with Crippen LogP contribution < -0.4 is 5.32 Å². The summed E-state index contributed by atoms with van der Waals surface area (Å²) in [4.78, 5) is 4.55. The summed E-state index contributed by atoms with van der Waals surface area (Å²) in [5.41, 5.74) is 2.38. The monoisotopic (exact) mass is 314 g/mol. The Labute approximate surface area is 133 Å². The van der Waals surface area contributed by atoms with Gasteiger partial charge < -0.3 is 10.4 Å². The first kappa shape index (κ1) is 15.4. The second-order valence-electron chi connectivity index (χ2n) is 5.77. The molecule has 0 fully saturated rings. The molecule has 0 amide bonds. The predicted octanol–water partition coefficient (Wildman–Crippen LogP) is 3.14. The highest BCUT2D eigenvalue weighted by Crippen LogP contribution is 2.20. The van der Waals surface area contributed by atoms with E-state index in [-0.39, 0.29) is 11.7 Å². The summed E-state index contributed by atoms with van der Waals surface area (Å²) in [6.07, 6.45) is 0.950. The molecule has 0 saturated carbocycles. The Kier molecular flexibility index (Phi) is 4.25. The van der Waals surface area contributed by atoms with E-state index >= 15 is 0 Å². The number of fused-ring (bicyclic) bond motifs is 1. The van der Waals surface area contributed by atoms with Gasteiger partial charge >= 0.3 is 0 Å². The third-order valence-corrected chi connectivity index (χ3v) is 3.70. The standard InChI is InChI=1S/C17H19FN4O/c1-11(2)14-9-17(22-16(21-14)7-8-20-22)19-10-15(23)12-3-5-13(18)6-4-12/h3-9,11,15,19,23H,10H2,1-2H3/t15-/m0/s1. The van der Waals surface area contributed by atoms with E-state index in [1.165, 1.54) is 12.1 Å². The fourth-order valence-electron chi connectivity index (χ4n) is 2.36. The summed E-state index contributed by atoms with van der Waals surface area (Å²) in [6.45, 7) is 4.45. The Morgan fingerprint density at radius 2 is 1.96 bits per heavy atom. The van der Waals surface area contributed by atoms with Crippen molar-refractivity contribution in [3.8, 4) is 0 Å². The maximum atomic E-state index is 12.9. The van der Waals surface area contributed by atoms with Crippen molar-refractivity contribution < 1.29 is 9.50 Å². The van der Waals surface area contributed by atoms with Crippen LogP contribution in [0.3, 0.4) is 0 Å². The van der Waals surface area contributed by atoms with Gasteiger partial charge in [-0.2, -0.15) is 9.61 Å². The minimum Gasteiger partial charge on any atom is -0.387 e. The molecule has 2 aromatic heterocycles. The van der Waals surface area contributed by atoms with Crippen molar-refractivity contribution in [2.24, 2.45) is 0 Å². The summed E-state index contributed by atoms with van der Waals surface area (Å²) >= 11 is 0. The van der Waals surface area contributed by atoms with Gasteiger partial charge in [0, 0.05) is 24.4 Å². The van der Waals surface area contributed by atoms with Crippen LogP contribution in [0.4, 0.5) is 10.2 Å². The van der Waals surface area contributed by atoms with Gasteiger partial charge in [0.05, 0.1) is 12.3 Å². The molecule has 3 rings (SSSR count). The molecule has 0 aliphatic heterocycles. The highest BCUT2D eigenvalue weighted by molar-refractivity contribution is 5.49. The summed E-state index contributed by atoms with van der Waals surface area (Å²) in [5, 5.41) is 17.7. The zero-order valence-electron chi connectivity index (χ0n) is 13.1. The van der Waals surface area contributed by atoms with Gasteiger partial charge in [0.15, 0.2) is 5.65 Å². The number of halogens is 1. The molecule has 0 radical (unpaired) electrons. The molecule has 0 spiro atoms. The minimum absolute atomic E-state index is 0.289. The summed E-state index contributed by atoms with van der Waals surface area (Å²) in [6, 6.07) is 9.62. The molecule has 1 aromatic carbocycles. The van der Waals surface area contributed by atoms with Crippen LogP contribution in [0.25, 0.3) is 5.65 Å². The van der Waals surface area contributed by atoms with Crippen LogP contribution in [0.1, 0.15) is 37.1 Å². The van der Waals surface area contributed by atoms with Crippen LogP contribution in [-0.4, -0.2) is 26.2 Å². The van der Waals surface area contributed by atoms with E-state index in [9.17, 15) is 9.50 Å². The molecule has 23 heavy (non-hydrogen) atoms. The van der Waals surface area contributed by atoms with Crippen LogP contribution in [-0.2, 0) is 0 Å². The molecule has 2 N–H and O–H groups in total. The number of aliphatic hydroxyl groups excluding tert-OH is 1. The lowest BCUT2D eigenvalue weighted by Gasteiger charge is -2.15. The van der Waals surface area contributed by atoms with E-state index in [4.69, 9.17) is 0 Å². The van der Waals surface area contributed by atoms with Gasteiger partial charge in [-0.1, -0.05) is 26.0 Å². The third kappa shape index (κ3) is 3.32. The average Bonchev–Trinajstić information content (AvgIpc) is 3.01.